The Bertz CT molecular complexity index is 1590. The van der Waals surface area contributed by atoms with Crippen molar-refractivity contribution >= 4 is 17.1 Å². The largest absolute Gasteiger partial charge is 1.00 e. The van der Waals surface area contributed by atoms with Crippen LogP contribution in [0, 0.1) is 43.5 Å². The zero-order chi connectivity index (χ0) is 38.6. The van der Waals surface area contributed by atoms with Gasteiger partial charge in [-0.25, -0.2) is 17.6 Å². The predicted molar refractivity (Wildman–Crippen MR) is 195 cm³/mol. The molecule has 0 saturated carbocycles. The van der Waals surface area contributed by atoms with Crippen LogP contribution in [0.15, 0.2) is 54.6 Å². The molecule has 0 atom stereocenters. The molecule has 3 aromatic carbocycles. The number of β-amino-alcohol motifs (C(OH)–C–C–N with tert-alkyl or cyclic N) is 1. The molecule has 0 spiro atoms. The molecule has 0 bridgehead atoms. The third-order valence-corrected chi connectivity index (χ3v) is 8.54. The number of nitro benzene ring substituents is 2. The van der Waals surface area contributed by atoms with Gasteiger partial charge in [0.2, 0.25) is 0 Å². The van der Waals surface area contributed by atoms with Crippen molar-refractivity contribution in [2.75, 3.05) is 84.5 Å². The summed E-state index contributed by atoms with van der Waals surface area (Å²) in [6.45, 7) is 10.5. The van der Waals surface area contributed by atoms with E-state index in [4.69, 9.17) is 20.3 Å². The minimum atomic E-state index is -1.21. The number of nitrogen functional groups attached to an aromatic ring is 1. The molecule has 3 N–H and O–H groups in total. The zero-order valence-corrected chi connectivity index (χ0v) is 32.6. The second-order valence-electron chi connectivity index (χ2n) is 12.5. The van der Waals surface area contributed by atoms with E-state index in [0.29, 0.717) is 37.6 Å². The summed E-state index contributed by atoms with van der Waals surface area (Å²) in [6, 6.07) is 10.1. The number of aliphatic hydroxyl groups is 1. The summed E-state index contributed by atoms with van der Waals surface area (Å²) >= 11 is 0. The molecular formula is C36H51F4N6NaO7. The number of nitrogens with zero attached hydrogens (tertiary/aromatic N) is 5. The molecule has 3 fully saturated rings. The number of non-ortho nitro benzene ring substituents is 2. The fraction of sp³-hybridized carbons (Fsp3) is 0.500. The Morgan fingerprint density at radius 2 is 1.02 bits per heavy atom. The fourth-order valence-electron chi connectivity index (χ4n) is 5.68. The van der Waals surface area contributed by atoms with Gasteiger partial charge < -0.3 is 26.6 Å². The molecule has 6 rings (SSSR count). The van der Waals surface area contributed by atoms with Gasteiger partial charge in [0, 0.05) is 44.9 Å². The Morgan fingerprint density at radius 1 is 0.630 bits per heavy atom. The summed E-state index contributed by atoms with van der Waals surface area (Å²) in [7, 11) is 0. The number of halogens is 4. The van der Waals surface area contributed by atoms with E-state index in [-0.39, 0.29) is 55.4 Å². The van der Waals surface area contributed by atoms with Crippen LogP contribution >= 0.6 is 0 Å². The first kappa shape index (κ1) is 46.6. The van der Waals surface area contributed by atoms with Crippen molar-refractivity contribution in [2.24, 2.45) is 0 Å². The smallest absolute Gasteiger partial charge is 1.00 e. The zero-order valence-electron chi connectivity index (χ0n) is 31.6. The van der Waals surface area contributed by atoms with Gasteiger partial charge >= 0.3 is 29.6 Å². The van der Waals surface area contributed by atoms with E-state index in [2.05, 4.69) is 14.7 Å². The van der Waals surface area contributed by atoms with Crippen LogP contribution in [0.3, 0.4) is 0 Å². The summed E-state index contributed by atoms with van der Waals surface area (Å²) in [5.74, 6) is -3.02. The summed E-state index contributed by atoms with van der Waals surface area (Å²) in [4.78, 5) is 25.9. The van der Waals surface area contributed by atoms with Crippen LogP contribution in [0.5, 0.6) is 11.5 Å². The Hall–Kier alpha value is -3.58. The maximum atomic E-state index is 13.5. The maximum Gasteiger partial charge on any atom is 1.00 e. The number of hydrogen-bond donors (Lipinski definition) is 2. The Morgan fingerprint density at radius 3 is 1.41 bits per heavy atom. The minimum Gasteiger partial charge on any atom is -1.00 e. The van der Waals surface area contributed by atoms with Crippen LogP contribution in [0.4, 0.5) is 34.6 Å². The second kappa shape index (κ2) is 25.5. The number of nitro groups is 2. The molecule has 0 aromatic heterocycles. The van der Waals surface area contributed by atoms with Crippen LogP contribution in [-0.2, 0) is 0 Å². The minimum absolute atomic E-state index is 0. The van der Waals surface area contributed by atoms with E-state index >= 15 is 0 Å². The van der Waals surface area contributed by atoms with Crippen LogP contribution in [0.1, 0.15) is 41.4 Å². The molecule has 0 unspecified atom stereocenters. The molecular weight excluding hydrogens is 727 g/mol. The first-order valence-electron chi connectivity index (χ1n) is 17.6. The van der Waals surface area contributed by atoms with Crippen molar-refractivity contribution in [3.05, 3.63) is 98.1 Å². The molecule has 13 nitrogen and oxygen atoms in total. The number of benzene rings is 3. The summed E-state index contributed by atoms with van der Waals surface area (Å²) in [5, 5.41) is 28.9. The average Bonchev–Trinajstić information content (AvgIpc) is 3.94. The van der Waals surface area contributed by atoms with Crippen molar-refractivity contribution in [3.8, 4) is 11.5 Å². The topological polar surface area (TPSA) is 161 Å². The first-order valence-corrected chi connectivity index (χ1v) is 17.6. The van der Waals surface area contributed by atoms with Gasteiger partial charge in [-0.05, 0) is 102 Å². The standard InChI is InChI=1S/C12H15FN2O3.C12H17FN2O.C6H3F2NO2.C6H13NO.Na.H2.H/c13-11-9-10(15(16)17)3-4-12(11)18-8-7-14-5-1-2-6-14;13-11-9-10(14)3-4-12(11)16-8-7-15-5-1-2-6-15;7-5-2-1-4(9(10)11)3-6(5)8;8-6-5-7-3-1-2-4-7;;;/h3-4,9H,1-2,5-8H2;3-4,9H,1-2,5-8,14H2;1-3H;8H,1-6H2;;1H;/q;;;;+1;;-1. The van der Waals surface area contributed by atoms with E-state index < -0.39 is 33.0 Å². The van der Waals surface area contributed by atoms with Crippen LogP contribution in [0.25, 0.3) is 0 Å². The average molecular weight is 779 g/mol. The van der Waals surface area contributed by atoms with Gasteiger partial charge in [-0.2, -0.15) is 0 Å². The first-order chi connectivity index (χ1) is 25.5. The number of aliphatic hydroxyl groups excluding tert-OH is 1. The Kier molecular flexibility index (Phi) is 22.0. The van der Waals surface area contributed by atoms with Crippen molar-refractivity contribution in [3.63, 3.8) is 0 Å². The molecule has 3 aliphatic rings. The molecule has 0 aliphatic carbocycles. The van der Waals surface area contributed by atoms with E-state index in [1.165, 1.54) is 69.8 Å². The molecule has 3 saturated heterocycles. The molecule has 18 heteroatoms. The molecule has 3 aromatic rings. The SMILES string of the molecule is Nc1ccc(OCCN2CCCC2)c(F)c1.O=[N+]([O-])c1ccc(F)c(F)c1.O=[N+]([O-])c1ccc(OCCN2CCCC2)c(F)c1.OCCN1CCCC1.[H-].[HH].[Na+]. The Labute approximate surface area is 337 Å². The van der Waals surface area contributed by atoms with E-state index in [9.17, 15) is 37.8 Å². The second-order valence-corrected chi connectivity index (χ2v) is 12.5. The van der Waals surface area contributed by atoms with E-state index in [0.717, 1.165) is 57.9 Å². The van der Waals surface area contributed by atoms with Crippen LogP contribution < -0.4 is 44.8 Å². The molecule has 3 heterocycles. The number of nitrogens with two attached hydrogens (primary N) is 1. The van der Waals surface area contributed by atoms with Gasteiger partial charge in [0.05, 0.1) is 28.6 Å². The monoisotopic (exact) mass is 778 g/mol. The Balaban J connectivity index is 0.000000735. The van der Waals surface area contributed by atoms with Crippen LogP contribution in [0.2, 0.25) is 0 Å². The van der Waals surface area contributed by atoms with Crippen LogP contribution in [-0.4, -0.2) is 108 Å². The van der Waals surface area contributed by atoms with Gasteiger partial charge in [0.1, 0.15) is 13.2 Å². The third kappa shape index (κ3) is 17.3. The van der Waals surface area contributed by atoms with E-state index in [1.807, 2.05) is 0 Å². The van der Waals surface area contributed by atoms with Gasteiger partial charge in [0.15, 0.2) is 34.8 Å². The van der Waals surface area contributed by atoms with E-state index in [1.54, 1.807) is 12.1 Å². The summed E-state index contributed by atoms with van der Waals surface area (Å²) < 4.78 is 61.9. The van der Waals surface area contributed by atoms with Crippen molar-refractivity contribution < 1.29 is 74.4 Å². The van der Waals surface area contributed by atoms with Gasteiger partial charge in [-0.15, -0.1) is 0 Å². The van der Waals surface area contributed by atoms with Crippen molar-refractivity contribution in [2.45, 2.75) is 38.5 Å². The molecule has 3 aliphatic heterocycles. The molecule has 296 valence electrons. The number of hydrogen-bond acceptors (Lipinski definition) is 11. The number of likely N-dealkylation sites (tertiary alicyclic amines) is 3. The number of anilines is 1. The van der Waals surface area contributed by atoms with Gasteiger partial charge in [-0.1, -0.05) is 0 Å². The fourth-order valence-corrected chi connectivity index (χ4v) is 5.68. The third-order valence-electron chi connectivity index (χ3n) is 8.54. The number of rotatable bonds is 12. The quantitative estimate of drug-likeness (QED) is 0.0913. The normalized spacial score (nSPS) is 15.4. The van der Waals surface area contributed by atoms with Crippen molar-refractivity contribution in [1.82, 2.24) is 14.7 Å². The van der Waals surface area contributed by atoms with Crippen molar-refractivity contribution in [1.29, 1.82) is 0 Å². The summed E-state index contributed by atoms with van der Waals surface area (Å²) in [6.07, 6.45) is 7.56. The predicted octanol–water partition coefficient (Wildman–Crippen LogP) is 3.40. The molecule has 0 radical (unpaired) electrons. The maximum absolute atomic E-state index is 13.5. The summed E-state index contributed by atoms with van der Waals surface area (Å²) in [5.41, 5.74) is 5.15. The van der Waals surface area contributed by atoms with Gasteiger partial charge in [0.25, 0.3) is 11.4 Å². The molecule has 0 amide bonds. The number of ether oxygens (including phenoxy) is 2. The molecule has 54 heavy (non-hydrogen) atoms. The van der Waals surface area contributed by atoms with Gasteiger partial charge in [-0.3, -0.25) is 30.0 Å².